The lowest BCUT2D eigenvalue weighted by atomic mass is 10.3. The fraction of sp³-hybridized carbons (Fsp3) is 0.294. The maximum Gasteiger partial charge on any atom is 0.121 e. The molecule has 0 amide bonds. The Labute approximate surface area is 120 Å². The molecule has 0 saturated carbocycles. The fourth-order valence-electron chi connectivity index (χ4n) is 1.90. The van der Waals surface area contributed by atoms with Crippen LogP contribution >= 0.6 is 0 Å². The molecule has 1 unspecified atom stereocenters. The number of ether oxygens (including phenoxy) is 2. The Hall–Kier alpha value is -2.16. The van der Waals surface area contributed by atoms with Crippen LogP contribution in [0.3, 0.4) is 0 Å². The second-order valence-corrected chi connectivity index (χ2v) is 4.58. The summed E-state index contributed by atoms with van der Waals surface area (Å²) in [6.45, 7) is 5.45. The van der Waals surface area contributed by atoms with Crippen molar-refractivity contribution in [3.05, 3.63) is 54.6 Å². The maximum atomic E-state index is 5.82. The molecule has 3 heteroatoms. The number of para-hydroxylation sites is 1. The Morgan fingerprint density at radius 1 is 1.00 bits per heavy atom. The summed E-state index contributed by atoms with van der Waals surface area (Å²) >= 11 is 0. The zero-order valence-corrected chi connectivity index (χ0v) is 12.0. The van der Waals surface area contributed by atoms with Gasteiger partial charge in [-0.1, -0.05) is 24.3 Å². The molecular weight excluding hydrogens is 250 g/mol. The van der Waals surface area contributed by atoms with Gasteiger partial charge in [-0.25, -0.2) is 0 Å². The van der Waals surface area contributed by atoms with Crippen molar-refractivity contribution in [2.75, 3.05) is 18.5 Å². The normalized spacial score (nSPS) is 11.7. The molecule has 0 saturated heterocycles. The van der Waals surface area contributed by atoms with Gasteiger partial charge in [0.05, 0.1) is 13.2 Å². The molecular formula is C17H21NO2. The highest BCUT2D eigenvalue weighted by Gasteiger charge is 2.04. The largest absolute Gasteiger partial charge is 0.494 e. The van der Waals surface area contributed by atoms with Crippen molar-refractivity contribution >= 4 is 5.69 Å². The van der Waals surface area contributed by atoms with Crippen LogP contribution in [-0.4, -0.2) is 19.3 Å². The van der Waals surface area contributed by atoms with Crippen LogP contribution in [0.15, 0.2) is 54.6 Å². The van der Waals surface area contributed by atoms with Gasteiger partial charge in [0, 0.05) is 11.8 Å². The van der Waals surface area contributed by atoms with Gasteiger partial charge in [0.25, 0.3) is 0 Å². The SMILES string of the molecule is CCOc1cccc(NCC(C)Oc2ccccc2)c1. The van der Waals surface area contributed by atoms with E-state index in [0.717, 1.165) is 23.7 Å². The summed E-state index contributed by atoms with van der Waals surface area (Å²) in [7, 11) is 0. The van der Waals surface area contributed by atoms with E-state index < -0.39 is 0 Å². The van der Waals surface area contributed by atoms with Crippen LogP contribution in [0.5, 0.6) is 11.5 Å². The van der Waals surface area contributed by atoms with Crippen molar-refractivity contribution in [1.82, 2.24) is 0 Å². The summed E-state index contributed by atoms with van der Waals surface area (Å²) in [5.74, 6) is 1.78. The van der Waals surface area contributed by atoms with Crippen molar-refractivity contribution in [3.8, 4) is 11.5 Å². The van der Waals surface area contributed by atoms with E-state index in [1.165, 1.54) is 0 Å². The molecule has 0 aliphatic carbocycles. The lowest BCUT2D eigenvalue weighted by Crippen LogP contribution is -2.22. The number of anilines is 1. The predicted octanol–water partition coefficient (Wildman–Crippen LogP) is 3.96. The average molecular weight is 271 g/mol. The molecule has 0 aliphatic rings. The first-order chi connectivity index (χ1) is 9.78. The van der Waals surface area contributed by atoms with Crippen molar-refractivity contribution in [2.45, 2.75) is 20.0 Å². The average Bonchev–Trinajstić information content (AvgIpc) is 2.47. The van der Waals surface area contributed by atoms with E-state index in [9.17, 15) is 0 Å². The van der Waals surface area contributed by atoms with E-state index in [1.807, 2.05) is 68.4 Å². The molecule has 2 aromatic rings. The van der Waals surface area contributed by atoms with E-state index in [4.69, 9.17) is 9.47 Å². The number of nitrogens with one attached hydrogen (secondary N) is 1. The predicted molar refractivity (Wildman–Crippen MR) is 82.6 cm³/mol. The van der Waals surface area contributed by atoms with Crippen LogP contribution in [0.1, 0.15) is 13.8 Å². The van der Waals surface area contributed by atoms with Crippen molar-refractivity contribution in [1.29, 1.82) is 0 Å². The molecule has 2 aromatic carbocycles. The Kier molecular flexibility index (Phi) is 5.30. The summed E-state index contributed by atoms with van der Waals surface area (Å²) in [6, 6.07) is 17.8. The van der Waals surface area contributed by atoms with E-state index >= 15 is 0 Å². The summed E-state index contributed by atoms with van der Waals surface area (Å²) in [6.07, 6.45) is 0.0909. The van der Waals surface area contributed by atoms with Gasteiger partial charge in [-0.15, -0.1) is 0 Å². The number of benzene rings is 2. The first-order valence-corrected chi connectivity index (χ1v) is 6.96. The molecule has 0 heterocycles. The summed E-state index contributed by atoms with van der Waals surface area (Å²) in [5, 5.41) is 3.36. The Balaban J connectivity index is 1.83. The van der Waals surface area contributed by atoms with Gasteiger partial charge in [-0.05, 0) is 38.1 Å². The molecule has 0 spiro atoms. The minimum Gasteiger partial charge on any atom is -0.494 e. The quantitative estimate of drug-likeness (QED) is 0.826. The maximum absolute atomic E-state index is 5.82. The van der Waals surface area contributed by atoms with E-state index in [1.54, 1.807) is 0 Å². The second-order valence-electron chi connectivity index (χ2n) is 4.58. The number of rotatable bonds is 7. The third kappa shape index (κ3) is 4.50. The molecule has 2 rings (SSSR count). The van der Waals surface area contributed by atoms with Crippen LogP contribution in [0.25, 0.3) is 0 Å². The van der Waals surface area contributed by atoms with Crippen molar-refractivity contribution in [2.24, 2.45) is 0 Å². The molecule has 106 valence electrons. The molecule has 0 aromatic heterocycles. The molecule has 0 fully saturated rings. The van der Waals surface area contributed by atoms with Crippen LogP contribution in [0.2, 0.25) is 0 Å². The minimum absolute atomic E-state index is 0.0909. The van der Waals surface area contributed by atoms with Gasteiger partial charge in [-0.2, -0.15) is 0 Å². The van der Waals surface area contributed by atoms with Gasteiger partial charge in [-0.3, -0.25) is 0 Å². The van der Waals surface area contributed by atoms with Crippen molar-refractivity contribution < 1.29 is 9.47 Å². The minimum atomic E-state index is 0.0909. The Morgan fingerprint density at radius 3 is 2.50 bits per heavy atom. The van der Waals surface area contributed by atoms with E-state index in [-0.39, 0.29) is 6.10 Å². The van der Waals surface area contributed by atoms with Crippen LogP contribution in [0, 0.1) is 0 Å². The monoisotopic (exact) mass is 271 g/mol. The van der Waals surface area contributed by atoms with Gasteiger partial charge in [0.15, 0.2) is 0 Å². The highest BCUT2D eigenvalue weighted by molar-refractivity contribution is 5.48. The zero-order valence-electron chi connectivity index (χ0n) is 12.0. The highest BCUT2D eigenvalue weighted by Crippen LogP contribution is 2.17. The third-order valence-corrected chi connectivity index (χ3v) is 2.82. The molecule has 20 heavy (non-hydrogen) atoms. The third-order valence-electron chi connectivity index (χ3n) is 2.82. The fourth-order valence-corrected chi connectivity index (χ4v) is 1.90. The molecule has 3 nitrogen and oxygen atoms in total. The van der Waals surface area contributed by atoms with Crippen molar-refractivity contribution in [3.63, 3.8) is 0 Å². The second kappa shape index (κ2) is 7.43. The van der Waals surface area contributed by atoms with Crippen LogP contribution < -0.4 is 14.8 Å². The highest BCUT2D eigenvalue weighted by atomic mass is 16.5. The lowest BCUT2D eigenvalue weighted by molar-refractivity contribution is 0.235. The van der Waals surface area contributed by atoms with Gasteiger partial charge in [0.2, 0.25) is 0 Å². The number of hydrogen-bond acceptors (Lipinski definition) is 3. The lowest BCUT2D eigenvalue weighted by Gasteiger charge is -2.16. The molecule has 0 bridgehead atoms. The van der Waals surface area contributed by atoms with Gasteiger partial charge < -0.3 is 14.8 Å². The van der Waals surface area contributed by atoms with E-state index in [2.05, 4.69) is 5.32 Å². The first kappa shape index (κ1) is 14.3. The number of hydrogen-bond donors (Lipinski definition) is 1. The molecule has 0 aliphatic heterocycles. The molecule has 0 radical (unpaired) electrons. The summed E-state index contributed by atoms with van der Waals surface area (Å²) in [4.78, 5) is 0. The summed E-state index contributed by atoms with van der Waals surface area (Å²) < 4.78 is 11.3. The van der Waals surface area contributed by atoms with Gasteiger partial charge >= 0.3 is 0 Å². The van der Waals surface area contributed by atoms with E-state index in [0.29, 0.717) is 6.61 Å². The smallest absolute Gasteiger partial charge is 0.121 e. The zero-order chi connectivity index (χ0) is 14.2. The van der Waals surface area contributed by atoms with Gasteiger partial charge in [0.1, 0.15) is 17.6 Å². The standard InChI is InChI=1S/C17H21NO2/c1-3-19-17-11-7-8-15(12-17)18-13-14(2)20-16-9-5-4-6-10-16/h4-12,14,18H,3,13H2,1-2H3. The van der Waals surface area contributed by atoms with Crippen LogP contribution in [-0.2, 0) is 0 Å². The molecule has 1 N–H and O–H groups in total. The Morgan fingerprint density at radius 2 is 1.75 bits per heavy atom. The molecule has 1 atom stereocenters. The summed E-state index contributed by atoms with van der Waals surface area (Å²) in [5.41, 5.74) is 1.04. The topological polar surface area (TPSA) is 30.5 Å². The van der Waals surface area contributed by atoms with Crippen LogP contribution in [0.4, 0.5) is 5.69 Å². The first-order valence-electron chi connectivity index (χ1n) is 6.96. The Bertz CT molecular complexity index is 513.